The molecule has 0 radical (unpaired) electrons. The van der Waals surface area contributed by atoms with Crippen LogP contribution in [0, 0.1) is 23.7 Å². The summed E-state index contributed by atoms with van der Waals surface area (Å²) < 4.78 is 0. The van der Waals surface area contributed by atoms with Gasteiger partial charge in [0, 0.05) is 51.4 Å². The van der Waals surface area contributed by atoms with Gasteiger partial charge in [-0.3, -0.25) is 4.90 Å². The van der Waals surface area contributed by atoms with E-state index in [-0.39, 0.29) is 6.61 Å². The van der Waals surface area contributed by atoms with Crippen LogP contribution in [0.25, 0.3) is 0 Å². The third-order valence-electron chi connectivity index (χ3n) is 9.47. The molecule has 4 fully saturated rings. The maximum Gasteiger partial charge on any atom is 0.226 e. The summed E-state index contributed by atoms with van der Waals surface area (Å²) in [5, 5.41) is 20.2. The monoisotopic (exact) mass is 514 g/mol. The van der Waals surface area contributed by atoms with Crippen molar-refractivity contribution < 1.29 is 5.11 Å². The first kappa shape index (κ1) is 26.9. The number of nitrogens with two attached hydrogens (primary N) is 1. The van der Waals surface area contributed by atoms with Gasteiger partial charge < -0.3 is 31.7 Å². The number of β-amino-alcohol motifs (C(OH)–C–C–N with tert-alkyl or cyclic N) is 1. The van der Waals surface area contributed by atoms with E-state index in [1.54, 1.807) is 0 Å². The molecule has 9 heteroatoms. The van der Waals surface area contributed by atoms with Crippen LogP contribution in [-0.2, 0) is 0 Å². The molecule has 1 aromatic heterocycles. The van der Waals surface area contributed by atoms with Gasteiger partial charge >= 0.3 is 0 Å². The van der Waals surface area contributed by atoms with E-state index in [0.717, 1.165) is 75.4 Å². The van der Waals surface area contributed by atoms with Crippen molar-refractivity contribution in [2.75, 3.05) is 81.5 Å². The molecule has 208 valence electrons. The molecule has 0 aromatic carbocycles. The van der Waals surface area contributed by atoms with Crippen molar-refractivity contribution in [2.45, 2.75) is 63.8 Å². The molecule has 5 rings (SSSR count). The van der Waals surface area contributed by atoms with Gasteiger partial charge in [-0.05, 0) is 94.7 Å². The largest absolute Gasteiger partial charge is 0.395 e. The summed E-state index contributed by atoms with van der Waals surface area (Å²) in [4.78, 5) is 13.8. The van der Waals surface area contributed by atoms with Crippen LogP contribution in [0.5, 0.6) is 0 Å². The average molecular weight is 515 g/mol. The summed E-state index contributed by atoms with van der Waals surface area (Å²) in [6.07, 6.45) is 12.3. The second kappa shape index (κ2) is 13.4. The number of fused-ring (bicyclic) bond motifs is 2. The number of hydrogen-bond donors (Lipinski definition) is 5. The van der Waals surface area contributed by atoms with E-state index < -0.39 is 0 Å². The van der Waals surface area contributed by atoms with E-state index in [2.05, 4.69) is 30.7 Å². The van der Waals surface area contributed by atoms with E-state index in [0.29, 0.717) is 17.7 Å². The molecule has 37 heavy (non-hydrogen) atoms. The molecule has 9 nitrogen and oxygen atoms in total. The lowest BCUT2D eigenvalue weighted by molar-refractivity contribution is 0.188. The Morgan fingerprint density at radius 1 is 0.919 bits per heavy atom. The number of nitrogens with one attached hydrogen (secondary N) is 3. The van der Waals surface area contributed by atoms with Crippen molar-refractivity contribution in [3.05, 3.63) is 6.07 Å². The highest BCUT2D eigenvalue weighted by atomic mass is 16.3. The average Bonchev–Trinajstić information content (AvgIpc) is 3.54. The summed E-state index contributed by atoms with van der Waals surface area (Å²) in [6, 6.07) is 2.69. The number of anilines is 3. The Morgan fingerprint density at radius 2 is 1.70 bits per heavy atom. The Balaban J connectivity index is 0.941. The van der Waals surface area contributed by atoms with E-state index in [1.807, 2.05) is 6.07 Å². The van der Waals surface area contributed by atoms with Crippen molar-refractivity contribution in [1.82, 2.24) is 25.5 Å². The van der Waals surface area contributed by atoms with Crippen molar-refractivity contribution in [3.63, 3.8) is 0 Å². The van der Waals surface area contributed by atoms with Crippen molar-refractivity contribution >= 4 is 17.6 Å². The van der Waals surface area contributed by atoms with Crippen LogP contribution >= 0.6 is 0 Å². The van der Waals surface area contributed by atoms with Crippen LogP contribution in [0.4, 0.5) is 17.6 Å². The second-order valence-corrected chi connectivity index (χ2v) is 12.1. The molecule has 2 heterocycles. The van der Waals surface area contributed by atoms with Gasteiger partial charge in [-0.15, -0.1) is 0 Å². The number of hydrogen-bond acceptors (Lipinski definition) is 9. The first-order valence-electron chi connectivity index (χ1n) is 15.1. The van der Waals surface area contributed by atoms with Gasteiger partial charge in [0.2, 0.25) is 5.95 Å². The minimum Gasteiger partial charge on any atom is -0.395 e. The third kappa shape index (κ3) is 7.68. The minimum atomic E-state index is 0.214. The highest BCUT2D eigenvalue weighted by molar-refractivity contribution is 5.51. The van der Waals surface area contributed by atoms with Crippen LogP contribution in [-0.4, -0.2) is 91.5 Å². The van der Waals surface area contributed by atoms with Crippen LogP contribution in [0.1, 0.15) is 57.8 Å². The summed E-state index contributed by atoms with van der Waals surface area (Å²) in [7, 11) is 0. The highest BCUT2D eigenvalue weighted by Crippen LogP contribution is 2.44. The highest BCUT2D eigenvalue weighted by Gasteiger charge is 2.38. The number of rotatable bonds is 13. The Kier molecular flexibility index (Phi) is 9.75. The maximum atomic E-state index is 9.16. The van der Waals surface area contributed by atoms with Crippen molar-refractivity contribution in [2.24, 2.45) is 23.7 Å². The van der Waals surface area contributed by atoms with E-state index in [4.69, 9.17) is 15.8 Å². The molecular formula is C28H50N8O. The Bertz CT molecular complexity index is 824. The topological polar surface area (TPSA) is 115 Å². The molecule has 2 bridgehead atoms. The zero-order chi connectivity index (χ0) is 25.5. The molecule has 1 aromatic rings. The molecule has 1 unspecified atom stereocenters. The lowest BCUT2D eigenvalue weighted by Crippen LogP contribution is -2.47. The fourth-order valence-electron chi connectivity index (χ4n) is 7.21. The van der Waals surface area contributed by atoms with Crippen molar-refractivity contribution in [1.29, 1.82) is 0 Å². The lowest BCUT2D eigenvalue weighted by atomic mass is 9.82. The molecule has 6 N–H and O–H groups in total. The Labute approximate surface area is 223 Å². The van der Waals surface area contributed by atoms with Crippen LogP contribution in [0.3, 0.4) is 0 Å². The smallest absolute Gasteiger partial charge is 0.226 e. The number of aromatic nitrogens is 2. The SMILES string of the molecule is Nc1cc(N2CCN(CCO)CC2)nc(NCC2CCC(CNCCCNC3C[C@@H]4CC[C@H]3C4)CC2)n1. The number of aliphatic hydroxyl groups is 1. The predicted octanol–water partition coefficient (Wildman–Crippen LogP) is 2.15. The van der Waals surface area contributed by atoms with E-state index in [1.165, 1.54) is 70.9 Å². The summed E-state index contributed by atoms with van der Waals surface area (Å²) in [5.74, 6) is 5.58. The summed E-state index contributed by atoms with van der Waals surface area (Å²) in [6.45, 7) is 9.01. The van der Waals surface area contributed by atoms with E-state index >= 15 is 0 Å². The summed E-state index contributed by atoms with van der Waals surface area (Å²) in [5.41, 5.74) is 6.12. The van der Waals surface area contributed by atoms with Gasteiger partial charge in [0.05, 0.1) is 6.61 Å². The number of nitrogen functional groups attached to an aromatic ring is 1. The molecule has 1 saturated heterocycles. The minimum absolute atomic E-state index is 0.214. The van der Waals surface area contributed by atoms with Crippen molar-refractivity contribution in [3.8, 4) is 0 Å². The molecule has 0 spiro atoms. The number of aliphatic hydroxyl groups excluding tert-OH is 1. The first-order chi connectivity index (χ1) is 18.2. The molecule has 1 aliphatic heterocycles. The fourth-order valence-corrected chi connectivity index (χ4v) is 7.21. The van der Waals surface area contributed by atoms with Gasteiger partial charge in [0.15, 0.2) is 0 Å². The Hall–Kier alpha value is -1.68. The number of piperazine rings is 1. The van der Waals surface area contributed by atoms with Gasteiger partial charge in [-0.1, -0.05) is 6.42 Å². The normalized spacial score (nSPS) is 30.2. The van der Waals surface area contributed by atoms with Gasteiger partial charge in [0.1, 0.15) is 11.6 Å². The fraction of sp³-hybridized carbons (Fsp3) is 0.857. The first-order valence-corrected chi connectivity index (χ1v) is 15.1. The van der Waals surface area contributed by atoms with Gasteiger partial charge in [-0.25, -0.2) is 0 Å². The lowest BCUT2D eigenvalue weighted by Gasteiger charge is -2.35. The third-order valence-corrected chi connectivity index (χ3v) is 9.47. The molecule has 3 atom stereocenters. The molecule has 4 aliphatic rings. The number of nitrogens with zero attached hydrogens (tertiary/aromatic N) is 4. The van der Waals surface area contributed by atoms with Crippen LogP contribution < -0.4 is 26.6 Å². The Morgan fingerprint density at radius 3 is 2.41 bits per heavy atom. The second-order valence-electron chi connectivity index (χ2n) is 12.1. The molecule has 3 aliphatic carbocycles. The van der Waals surface area contributed by atoms with Gasteiger partial charge in [0.25, 0.3) is 0 Å². The molecule has 3 saturated carbocycles. The van der Waals surface area contributed by atoms with Crippen LogP contribution in [0.15, 0.2) is 6.07 Å². The summed E-state index contributed by atoms with van der Waals surface area (Å²) >= 11 is 0. The zero-order valence-electron chi connectivity index (χ0n) is 22.7. The molecular weight excluding hydrogens is 464 g/mol. The standard InChI is InChI=1S/C28H50N8O/c29-26-18-27(36-12-10-35(11-13-36)14-15-37)34-28(33-26)32-20-22-4-2-21(3-5-22)19-30-8-1-9-31-25-17-23-6-7-24(25)16-23/h18,21-25,30-31,37H,1-17,19-20H2,(H3,29,32,33,34)/t21?,22?,23-,24+,25?/m1/s1. The zero-order valence-corrected chi connectivity index (χ0v) is 22.7. The quantitative estimate of drug-likeness (QED) is 0.253. The van der Waals surface area contributed by atoms with E-state index in [9.17, 15) is 0 Å². The maximum absolute atomic E-state index is 9.16. The van der Waals surface area contributed by atoms with Gasteiger partial charge in [-0.2, -0.15) is 9.97 Å². The predicted molar refractivity (Wildman–Crippen MR) is 151 cm³/mol. The molecule has 0 amide bonds. The van der Waals surface area contributed by atoms with Crippen LogP contribution in [0.2, 0.25) is 0 Å².